The molecule has 2 aromatic heterocycles. The van der Waals surface area contributed by atoms with E-state index in [1.54, 1.807) is 19.2 Å². The quantitative estimate of drug-likeness (QED) is 0.351. The van der Waals surface area contributed by atoms with E-state index in [-0.39, 0.29) is 11.6 Å². The van der Waals surface area contributed by atoms with Crippen LogP contribution in [0.15, 0.2) is 66.1 Å². The summed E-state index contributed by atoms with van der Waals surface area (Å²) in [5.41, 5.74) is 1.54. The normalized spacial score (nSPS) is 11.2. The summed E-state index contributed by atoms with van der Waals surface area (Å²) in [6.45, 7) is -2.65. The fraction of sp³-hybridized carbons (Fsp3) is 0.150. The predicted molar refractivity (Wildman–Crippen MR) is 111 cm³/mol. The Balaban J connectivity index is 1.76. The predicted octanol–water partition coefficient (Wildman–Crippen LogP) is 5.48. The number of thioether (sulfide) groups is 1. The highest BCUT2D eigenvalue weighted by molar-refractivity contribution is 7.98. The van der Waals surface area contributed by atoms with Crippen molar-refractivity contribution in [2.24, 2.45) is 0 Å². The molecule has 0 saturated carbocycles. The summed E-state index contributed by atoms with van der Waals surface area (Å²) in [5.74, 6) is 1.66. The van der Waals surface area contributed by atoms with Crippen molar-refractivity contribution in [3.8, 4) is 22.8 Å². The highest BCUT2D eigenvalue weighted by Gasteiger charge is 2.20. The molecule has 0 aliphatic rings. The first kappa shape index (κ1) is 20.4. The molecule has 0 bridgehead atoms. The van der Waals surface area contributed by atoms with Crippen LogP contribution in [-0.2, 0) is 5.75 Å². The molecule has 0 radical (unpaired) electrons. The van der Waals surface area contributed by atoms with Crippen LogP contribution in [0.25, 0.3) is 17.1 Å². The van der Waals surface area contributed by atoms with E-state index in [1.807, 2.05) is 41.0 Å². The average molecular weight is 448 g/mol. The van der Waals surface area contributed by atoms with Gasteiger partial charge < -0.3 is 4.74 Å². The first-order valence-corrected chi connectivity index (χ1v) is 10.2. The number of rotatable bonds is 7. The number of hydrogen-bond acceptors (Lipinski definition) is 5. The van der Waals surface area contributed by atoms with Crippen molar-refractivity contribution in [2.75, 3.05) is 7.11 Å². The molecule has 0 aliphatic carbocycles. The van der Waals surface area contributed by atoms with Crippen LogP contribution in [0, 0.1) is 0 Å². The van der Waals surface area contributed by atoms with E-state index in [0.717, 1.165) is 15.8 Å². The standard InChI is InChI=1S/C20H16ClF2N5OS/c1-29-16-5-3-2-4-15(16)18-25-26-20(28(18)14-8-6-13(21)7-9-14)30-12-17-24-10-11-27(17)19(22)23/h2-11,19H,12H2,1H3. The zero-order valence-corrected chi connectivity index (χ0v) is 17.3. The summed E-state index contributed by atoms with van der Waals surface area (Å²) in [6, 6.07) is 14.7. The van der Waals surface area contributed by atoms with Gasteiger partial charge in [0, 0.05) is 23.1 Å². The maximum Gasteiger partial charge on any atom is 0.319 e. The Labute approximate surface area is 180 Å². The molecule has 10 heteroatoms. The van der Waals surface area contributed by atoms with Gasteiger partial charge in [-0.2, -0.15) is 8.78 Å². The van der Waals surface area contributed by atoms with Crippen molar-refractivity contribution in [1.82, 2.24) is 24.3 Å². The van der Waals surface area contributed by atoms with Crippen LogP contribution in [0.5, 0.6) is 5.75 Å². The number of aromatic nitrogens is 5. The van der Waals surface area contributed by atoms with Crippen LogP contribution in [-0.4, -0.2) is 31.4 Å². The van der Waals surface area contributed by atoms with Crippen LogP contribution < -0.4 is 4.74 Å². The molecular weight excluding hydrogens is 432 g/mol. The molecule has 30 heavy (non-hydrogen) atoms. The van der Waals surface area contributed by atoms with E-state index < -0.39 is 6.55 Å². The second-order valence-corrected chi connectivity index (χ2v) is 7.51. The van der Waals surface area contributed by atoms with Crippen LogP contribution >= 0.6 is 23.4 Å². The van der Waals surface area contributed by atoms with Gasteiger partial charge in [-0.3, -0.25) is 9.13 Å². The molecule has 0 spiro atoms. The largest absolute Gasteiger partial charge is 0.496 e. The Kier molecular flexibility index (Phi) is 6.01. The first-order chi connectivity index (χ1) is 14.6. The Bertz CT molecular complexity index is 1150. The molecule has 2 heterocycles. The van der Waals surface area contributed by atoms with Crippen molar-refractivity contribution in [3.63, 3.8) is 0 Å². The van der Waals surface area contributed by atoms with Gasteiger partial charge in [-0.1, -0.05) is 35.5 Å². The second-order valence-electron chi connectivity index (χ2n) is 6.14. The lowest BCUT2D eigenvalue weighted by Gasteiger charge is -2.13. The molecule has 0 amide bonds. The summed E-state index contributed by atoms with van der Waals surface area (Å²) in [4.78, 5) is 4.03. The average Bonchev–Trinajstić information content (AvgIpc) is 3.40. The highest BCUT2D eigenvalue weighted by atomic mass is 35.5. The van der Waals surface area contributed by atoms with Gasteiger partial charge in [0.2, 0.25) is 0 Å². The minimum absolute atomic E-state index is 0.203. The number of ether oxygens (including phenoxy) is 1. The number of methoxy groups -OCH3 is 1. The van der Waals surface area contributed by atoms with Gasteiger partial charge in [-0.25, -0.2) is 4.98 Å². The maximum atomic E-state index is 13.1. The fourth-order valence-corrected chi connectivity index (χ4v) is 3.98. The topological polar surface area (TPSA) is 57.8 Å². The van der Waals surface area contributed by atoms with Crippen LogP contribution in [0.4, 0.5) is 8.78 Å². The number of benzene rings is 2. The molecule has 0 saturated heterocycles. The summed E-state index contributed by atoms with van der Waals surface area (Å²) in [5, 5.41) is 9.78. The minimum Gasteiger partial charge on any atom is -0.496 e. The molecule has 154 valence electrons. The van der Waals surface area contributed by atoms with E-state index >= 15 is 0 Å². The monoisotopic (exact) mass is 447 g/mol. The fourth-order valence-electron chi connectivity index (χ4n) is 2.95. The second kappa shape index (κ2) is 8.85. The summed E-state index contributed by atoms with van der Waals surface area (Å²) in [7, 11) is 1.58. The molecule has 2 aromatic carbocycles. The van der Waals surface area contributed by atoms with Crippen LogP contribution in [0.1, 0.15) is 12.4 Å². The third-order valence-corrected chi connectivity index (χ3v) is 5.53. The lowest BCUT2D eigenvalue weighted by Crippen LogP contribution is -2.04. The van der Waals surface area contributed by atoms with Crippen LogP contribution in [0.3, 0.4) is 0 Å². The van der Waals surface area contributed by atoms with Crippen molar-refractivity contribution in [1.29, 1.82) is 0 Å². The molecule has 0 atom stereocenters. The Morgan fingerprint density at radius 3 is 2.60 bits per heavy atom. The maximum absolute atomic E-state index is 13.1. The third-order valence-electron chi connectivity index (χ3n) is 4.36. The number of alkyl halides is 2. The van der Waals surface area contributed by atoms with Gasteiger partial charge in [-0.15, -0.1) is 10.2 Å². The Hall–Kier alpha value is -2.91. The van der Waals surface area contributed by atoms with Gasteiger partial charge in [0.15, 0.2) is 11.0 Å². The summed E-state index contributed by atoms with van der Waals surface area (Å²) >= 11 is 7.31. The van der Waals surface area contributed by atoms with E-state index in [9.17, 15) is 8.78 Å². The van der Waals surface area contributed by atoms with Gasteiger partial charge in [-0.05, 0) is 36.4 Å². The minimum atomic E-state index is -2.65. The lowest BCUT2D eigenvalue weighted by molar-refractivity contribution is 0.0678. The van der Waals surface area contributed by atoms with E-state index in [0.29, 0.717) is 21.8 Å². The third kappa shape index (κ3) is 4.03. The molecule has 0 N–H and O–H groups in total. The molecule has 6 nitrogen and oxygen atoms in total. The smallest absolute Gasteiger partial charge is 0.319 e. The van der Waals surface area contributed by atoms with E-state index in [2.05, 4.69) is 15.2 Å². The SMILES string of the molecule is COc1ccccc1-c1nnc(SCc2nccn2C(F)F)n1-c1ccc(Cl)cc1. The number of nitrogens with zero attached hydrogens (tertiary/aromatic N) is 5. The van der Waals surface area contributed by atoms with E-state index in [4.69, 9.17) is 16.3 Å². The van der Waals surface area contributed by atoms with Gasteiger partial charge in [0.1, 0.15) is 11.6 Å². The van der Waals surface area contributed by atoms with Gasteiger partial charge in [0.25, 0.3) is 0 Å². The van der Waals surface area contributed by atoms with Crippen molar-refractivity contribution >= 4 is 23.4 Å². The van der Waals surface area contributed by atoms with Crippen molar-refractivity contribution in [2.45, 2.75) is 17.5 Å². The number of halogens is 3. The van der Waals surface area contributed by atoms with Crippen molar-refractivity contribution < 1.29 is 13.5 Å². The van der Waals surface area contributed by atoms with E-state index in [1.165, 1.54) is 24.2 Å². The number of para-hydroxylation sites is 1. The zero-order chi connectivity index (χ0) is 21.1. The molecular formula is C20H16ClF2N5OS. The van der Waals surface area contributed by atoms with Crippen LogP contribution in [0.2, 0.25) is 5.02 Å². The Morgan fingerprint density at radius 2 is 1.87 bits per heavy atom. The number of hydrogen-bond donors (Lipinski definition) is 0. The number of imidazole rings is 1. The molecule has 0 unspecified atom stereocenters. The molecule has 0 aliphatic heterocycles. The molecule has 4 aromatic rings. The summed E-state index contributed by atoms with van der Waals surface area (Å²) in [6.07, 6.45) is 2.61. The van der Waals surface area contributed by atoms with Gasteiger partial charge in [0.05, 0.1) is 18.4 Å². The first-order valence-electron chi connectivity index (χ1n) is 8.86. The summed E-state index contributed by atoms with van der Waals surface area (Å²) < 4.78 is 34.4. The highest BCUT2D eigenvalue weighted by Crippen LogP contribution is 2.34. The Morgan fingerprint density at radius 1 is 1.10 bits per heavy atom. The van der Waals surface area contributed by atoms with Crippen molar-refractivity contribution in [3.05, 3.63) is 71.8 Å². The lowest BCUT2D eigenvalue weighted by atomic mass is 10.2. The van der Waals surface area contributed by atoms with Gasteiger partial charge >= 0.3 is 6.55 Å². The zero-order valence-electron chi connectivity index (χ0n) is 15.7. The molecule has 4 rings (SSSR count). The molecule has 0 fully saturated rings.